The van der Waals surface area contributed by atoms with Gasteiger partial charge < -0.3 is 0 Å². The Labute approximate surface area is 113 Å². The Hall–Kier alpha value is 0.0500. The van der Waals surface area contributed by atoms with E-state index in [9.17, 15) is 0 Å². The van der Waals surface area contributed by atoms with Gasteiger partial charge in [0.1, 0.15) is 0 Å². The molecule has 2 aromatic carbocycles. The van der Waals surface area contributed by atoms with Crippen molar-refractivity contribution in [2.45, 2.75) is 9.79 Å². The van der Waals surface area contributed by atoms with Crippen LogP contribution in [0.5, 0.6) is 0 Å². The van der Waals surface area contributed by atoms with Crippen molar-refractivity contribution in [1.82, 2.24) is 0 Å². The van der Waals surface area contributed by atoms with Gasteiger partial charge in [-0.05, 0) is 39.8 Å². The van der Waals surface area contributed by atoms with Crippen molar-refractivity contribution in [1.29, 1.82) is 0 Å². The molecule has 0 unspecified atom stereocenters. The summed E-state index contributed by atoms with van der Waals surface area (Å²) in [6.45, 7) is 0. The van der Waals surface area contributed by atoms with Crippen LogP contribution in [0.4, 0.5) is 0 Å². The molecule has 0 heterocycles. The van der Waals surface area contributed by atoms with Gasteiger partial charge in [0.2, 0.25) is 0 Å². The molecule has 0 N–H and O–H groups in total. The third kappa shape index (κ3) is 4.14. The van der Waals surface area contributed by atoms with Crippen LogP contribution in [0, 0.1) is 0 Å². The molecular formula is C12H10BrPS2. The van der Waals surface area contributed by atoms with Crippen molar-refractivity contribution >= 4 is 43.3 Å². The lowest BCUT2D eigenvalue weighted by Crippen LogP contribution is -1.66. The molecule has 0 aromatic heterocycles. The van der Waals surface area contributed by atoms with Crippen molar-refractivity contribution in [2.75, 3.05) is 0 Å². The first-order chi connectivity index (χ1) is 7.84. The third-order valence-electron chi connectivity index (χ3n) is 1.84. The zero-order valence-electron chi connectivity index (χ0n) is 8.42. The number of rotatable bonds is 4. The van der Waals surface area contributed by atoms with Gasteiger partial charge in [0.25, 0.3) is 0 Å². The van der Waals surface area contributed by atoms with Crippen molar-refractivity contribution in [2.24, 2.45) is 0 Å². The Balaban J connectivity index is 1.92. The molecule has 0 spiro atoms. The summed E-state index contributed by atoms with van der Waals surface area (Å²) in [7, 11) is 0. The quantitative estimate of drug-likeness (QED) is 0.613. The fourth-order valence-corrected chi connectivity index (χ4v) is 8.80. The van der Waals surface area contributed by atoms with Gasteiger partial charge in [-0.2, -0.15) is 0 Å². The normalized spacial score (nSPS) is 10.6. The highest BCUT2D eigenvalue weighted by molar-refractivity contribution is 9.57. The van der Waals surface area contributed by atoms with Gasteiger partial charge in [-0.3, -0.25) is 0 Å². The highest BCUT2D eigenvalue weighted by Gasteiger charge is 2.07. The first-order valence-electron chi connectivity index (χ1n) is 4.76. The second-order valence-corrected chi connectivity index (χ2v) is 13.7. The van der Waals surface area contributed by atoms with E-state index in [0.717, 1.165) is 0 Å². The molecule has 0 aliphatic rings. The second-order valence-electron chi connectivity index (χ2n) is 3.02. The largest absolute Gasteiger partial charge is 0.0929 e. The zero-order chi connectivity index (χ0) is 11.2. The van der Waals surface area contributed by atoms with Crippen LogP contribution >= 0.6 is 43.3 Å². The fourth-order valence-electron chi connectivity index (χ4n) is 1.15. The average molecular weight is 329 g/mol. The van der Waals surface area contributed by atoms with Gasteiger partial charge >= 0.3 is 0 Å². The van der Waals surface area contributed by atoms with Gasteiger partial charge in [0.05, 0.1) is 5.03 Å². The summed E-state index contributed by atoms with van der Waals surface area (Å²) in [6.07, 6.45) is 0. The van der Waals surface area contributed by atoms with Crippen LogP contribution in [0.15, 0.2) is 70.5 Å². The highest BCUT2D eigenvalue weighted by Crippen LogP contribution is 2.71. The lowest BCUT2D eigenvalue weighted by Gasteiger charge is -2.08. The summed E-state index contributed by atoms with van der Waals surface area (Å²) in [5.41, 5.74) is 0. The number of benzene rings is 2. The van der Waals surface area contributed by atoms with Crippen LogP contribution in [0.2, 0.25) is 0 Å². The Bertz CT molecular complexity index is 380. The van der Waals surface area contributed by atoms with Crippen molar-refractivity contribution in [3.05, 3.63) is 60.7 Å². The molecule has 82 valence electrons. The maximum atomic E-state index is 3.74. The smallest absolute Gasteiger partial charge is 0.0752 e. The third-order valence-corrected chi connectivity index (χ3v) is 9.17. The Kier molecular flexibility index (Phi) is 5.24. The first kappa shape index (κ1) is 12.5. The molecule has 0 saturated heterocycles. The topological polar surface area (TPSA) is 0 Å². The van der Waals surface area contributed by atoms with Crippen LogP contribution in [0.3, 0.4) is 0 Å². The van der Waals surface area contributed by atoms with E-state index in [1.54, 1.807) is 0 Å². The van der Waals surface area contributed by atoms with Crippen LogP contribution in [0.1, 0.15) is 0 Å². The standard InChI is InChI=1S/C12H10BrPS2/c13-14(15-11-7-3-1-4-8-11)16-12-9-5-2-6-10-12/h1-10H. The van der Waals surface area contributed by atoms with Gasteiger partial charge in [-0.25, -0.2) is 0 Å². The van der Waals surface area contributed by atoms with E-state index in [2.05, 4.69) is 64.0 Å². The van der Waals surface area contributed by atoms with Crippen LogP contribution in [-0.4, -0.2) is 0 Å². The molecule has 2 rings (SSSR count). The van der Waals surface area contributed by atoms with Gasteiger partial charge in [-0.1, -0.05) is 59.2 Å². The molecule has 0 radical (unpaired) electrons. The molecule has 0 saturated carbocycles. The lowest BCUT2D eigenvalue weighted by atomic mass is 10.4. The van der Waals surface area contributed by atoms with Crippen molar-refractivity contribution in [3.8, 4) is 0 Å². The highest BCUT2D eigenvalue weighted by atomic mass is 79.9. The van der Waals surface area contributed by atoms with Crippen LogP contribution in [-0.2, 0) is 0 Å². The number of hydrogen-bond donors (Lipinski definition) is 0. The minimum atomic E-state index is -0.287. The maximum Gasteiger partial charge on any atom is 0.0929 e. The molecule has 0 fully saturated rings. The molecule has 0 atom stereocenters. The molecule has 16 heavy (non-hydrogen) atoms. The van der Waals surface area contributed by atoms with E-state index in [4.69, 9.17) is 0 Å². The van der Waals surface area contributed by atoms with E-state index in [0.29, 0.717) is 0 Å². The second kappa shape index (κ2) is 6.70. The van der Waals surface area contributed by atoms with Crippen molar-refractivity contribution in [3.63, 3.8) is 0 Å². The molecular weight excluding hydrogens is 319 g/mol. The molecule has 0 aliphatic heterocycles. The van der Waals surface area contributed by atoms with Crippen molar-refractivity contribution < 1.29 is 0 Å². The van der Waals surface area contributed by atoms with Crippen LogP contribution < -0.4 is 0 Å². The summed E-state index contributed by atoms with van der Waals surface area (Å²) in [5, 5.41) is -0.287. The van der Waals surface area contributed by atoms with E-state index in [1.165, 1.54) is 9.79 Å². The fraction of sp³-hybridized carbons (Fsp3) is 0. The van der Waals surface area contributed by atoms with E-state index < -0.39 is 0 Å². The maximum absolute atomic E-state index is 3.74. The monoisotopic (exact) mass is 328 g/mol. The first-order valence-corrected chi connectivity index (χ1v) is 11.0. The molecule has 0 bridgehead atoms. The summed E-state index contributed by atoms with van der Waals surface area (Å²) in [5.74, 6) is 0. The Morgan fingerprint density at radius 1 is 0.688 bits per heavy atom. The van der Waals surface area contributed by atoms with Gasteiger partial charge in [0.15, 0.2) is 0 Å². The van der Waals surface area contributed by atoms with Gasteiger partial charge in [0, 0.05) is 9.79 Å². The summed E-state index contributed by atoms with van der Waals surface area (Å²) < 4.78 is 0. The van der Waals surface area contributed by atoms with Gasteiger partial charge in [-0.15, -0.1) is 0 Å². The molecule has 4 heteroatoms. The number of halogens is 1. The minimum Gasteiger partial charge on any atom is -0.0752 e. The summed E-state index contributed by atoms with van der Waals surface area (Å²) in [4.78, 5) is 2.63. The Morgan fingerprint density at radius 3 is 1.44 bits per heavy atom. The predicted octanol–water partition coefficient (Wildman–Crippen LogP) is 6.19. The molecule has 0 nitrogen and oxygen atoms in total. The zero-order valence-corrected chi connectivity index (χ0v) is 12.5. The van der Waals surface area contributed by atoms with Crippen LogP contribution in [0.25, 0.3) is 0 Å². The lowest BCUT2D eigenvalue weighted by molar-refractivity contribution is 1.48. The molecule has 0 aliphatic carbocycles. The molecule has 0 amide bonds. The van der Waals surface area contributed by atoms with E-state index in [1.807, 2.05) is 34.9 Å². The Morgan fingerprint density at radius 2 is 1.06 bits per heavy atom. The SMILES string of the molecule is BrP(Sc1ccccc1)Sc1ccccc1. The number of hydrogen-bond acceptors (Lipinski definition) is 2. The average Bonchev–Trinajstić information content (AvgIpc) is 2.31. The minimum absolute atomic E-state index is 0.287. The predicted molar refractivity (Wildman–Crippen MR) is 80.4 cm³/mol. The summed E-state index contributed by atoms with van der Waals surface area (Å²) in [6, 6.07) is 21.0. The molecule has 2 aromatic rings. The van der Waals surface area contributed by atoms with E-state index in [-0.39, 0.29) is 5.03 Å². The van der Waals surface area contributed by atoms with E-state index >= 15 is 0 Å². The summed E-state index contributed by atoms with van der Waals surface area (Å²) >= 11 is 7.51.